The highest BCUT2D eigenvalue weighted by atomic mass is 16.6. The normalized spacial score (nSPS) is 20.4. The lowest BCUT2D eigenvalue weighted by molar-refractivity contribution is -0.122. The summed E-state index contributed by atoms with van der Waals surface area (Å²) in [6, 6.07) is 10.3. The number of nitrogens with one attached hydrogen (secondary N) is 2. The van der Waals surface area contributed by atoms with Gasteiger partial charge in [-0.1, -0.05) is 35.5 Å². The minimum Gasteiger partial charge on any atom is -0.472 e. The summed E-state index contributed by atoms with van der Waals surface area (Å²) in [6.07, 6.45) is 1.79. The summed E-state index contributed by atoms with van der Waals surface area (Å²) in [5, 5.41) is 13.5. The van der Waals surface area contributed by atoms with E-state index in [9.17, 15) is 4.79 Å². The molecule has 0 unspecified atom stereocenters. The van der Waals surface area contributed by atoms with Crippen molar-refractivity contribution in [3.8, 4) is 5.88 Å². The van der Waals surface area contributed by atoms with Gasteiger partial charge in [0, 0.05) is 6.04 Å². The third kappa shape index (κ3) is 3.87. The van der Waals surface area contributed by atoms with Crippen molar-refractivity contribution >= 4 is 5.91 Å². The number of nitrogens with zero attached hydrogens (tertiary/aromatic N) is 2. The fraction of sp³-hybridized carbons (Fsp3) is 0.438. The molecular weight excluding hydrogens is 296 g/mol. The minimum atomic E-state index is -0.157. The molecule has 7 heteroatoms. The number of hydrogen-bond donors (Lipinski definition) is 2. The smallest absolute Gasteiger partial charge is 0.278 e. The van der Waals surface area contributed by atoms with Crippen LogP contribution in [0.25, 0.3) is 0 Å². The van der Waals surface area contributed by atoms with Crippen LogP contribution in [0.15, 0.2) is 35.0 Å². The van der Waals surface area contributed by atoms with Gasteiger partial charge >= 0.3 is 0 Å². The fourth-order valence-corrected chi connectivity index (χ4v) is 2.70. The number of aromatic nitrogens is 2. The Labute approximate surface area is 134 Å². The largest absolute Gasteiger partial charge is 0.472 e. The topological polar surface area (TPSA) is 89.3 Å². The molecule has 2 aromatic rings. The van der Waals surface area contributed by atoms with Crippen LogP contribution in [0.3, 0.4) is 0 Å². The minimum absolute atomic E-state index is 0.00188. The number of aryl methyl sites for hydroxylation is 1. The summed E-state index contributed by atoms with van der Waals surface area (Å²) in [4.78, 5) is 12.2. The summed E-state index contributed by atoms with van der Waals surface area (Å²) in [7, 11) is 0. The van der Waals surface area contributed by atoms with Gasteiger partial charge in [0.15, 0.2) is 0 Å². The molecule has 0 bridgehead atoms. The first-order chi connectivity index (χ1) is 11.2. The van der Waals surface area contributed by atoms with Crippen LogP contribution in [0.5, 0.6) is 5.88 Å². The van der Waals surface area contributed by atoms with Gasteiger partial charge in [-0.2, -0.15) is 0 Å². The summed E-state index contributed by atoms with van der Waals surface area (Å²) >= 11 is 0. The molecule has 122 valence electrons. The molecular formula is C16H20N4O3. The molecule has 2 heterocycles. The lowest BCUT2D eigenvalue weighted by Crippen LogP contribution is -2.42. The SMILES string of the molecule is Cc1nonc1OCCNC(=O)[C@H]1CC[C@H](c2ccccc2)N1. The Morgan fingerprint density at radius 1 is 1.35 bits per heavy atom. The van der Waals surface area contributed by atoms with E-state index >= 15 is 0 Å². The molecule has 23 heavy (non-hydrogen) atoms. The van der Waals surface area contributed by atoms with E-state index in [1.807, 2.05) is 18.2 Å². The molecule has 7 nitrogen and oxygen atoms in total. The highest BCUT2D eigenvalue weighted by Gasteiger charge is 2.29. The molecule has 2 N–H and O–H groups in total. The maximum Gasteiger partial charge on any atom is 0.278 e. The van der Waals surface area contributed by atoms with Crippen LogP contribution in [0, 0.1) is 6.92 Å². The average molecular weight is 316 g/mol. The summed E-state index contributed by atoms with van der Waals surface area (Å²) in [5.41, 5.74) is 1.82. The van der Waals surface area contributed by atoms with E-state index in [0.29, 0.717) is 24.7 Å². The van der Waals surface area contributed by atoms with Crippen LogP contribution in [0.2, 0.25) is 0 Å². The van der Waals surface area contributed by atoms with E-state index in [2.05, 4.69) is 37.7 Å². The maximum atomic E-state index is 12.2. The second-order valence-corrected chi connectivity index (χ2v) is 5.55. The molecule has 1 aromatic carbocycles. The molecule has 0 aliphatic carbocycles. The van der Waals surface area contributed by atoms with Crippen molar-refractivity contribution in [2.75, 3.05) is 13.2 Å². The molecule has 1 aromatic heterocycles. The molecule has 0 saturated carbocycles. The number of benzene rings is 1. The predicted molar refractivity (Wildman–Crippen MR) is 82.9 cm³/mol. The molecule has 0 radical (unpaired) electrons. The molecule has 1 aliphatic rings. The van der Waals surface area contributed by atoms with Crippen molar-refractivity contribution in [3.63, 3.8) is 0 Å². The summed E-state index contributed by atoms with van der Waals surface area (Å²) < 4.78 is 9.91. The Morgan fingerprint density at radius 3 is 2.91 bits per heavy atom. The van der Waals surface area contributed by atoms with E-state index in [1.54, 1.807) is 6.92 Å². The molecule has 0 spiro atoms. The molecule has 2 atom stereocenters. The first-order valence-electron chi connectivity index (χ1n) is 7.74. The van der Waals surface area contributed by atoms with E-state index in [4.69, 9.17) is 4.74 Å². The van der Waals surface area contributed by atoms with Crippen LogP contribution in [0.4, 0.5) is 0 Å². The zero-order valence-electron chi connectivity index (χ0n) is 13.0. The van der Waals surface area contributed by atoms with Gasteiger partial charge in [0.1, 0.15) is 12.3 Å². The predicted octanol–water partition coefficient (Wildman–Crippen LogP) is 1.37. The molecule has 1 amide bonds. The van der Waals surface area contributed by atoms with E-state index in [0.717, 1.165) is 12.8 Å². The van der Waals surface area contributed by atoms with Crippen LogP contribution < -0.4 is 15.4 Å². The zero-order chi connectivity index (χ0) is 16.1. The van der Waals surface area contributed by atoms with Crippen LogP contribution >= 0.6 is 0 Å². The van der Waals surface area contributed by atoms with E-state index in [1.165, 1.54) is 5.56 Å². The van der Waals surface area contributed by atoms with Crippen molar-refractivity contribution in [1.29, 1.82) is 0 Å². The van der Waals surface area contributed by atoms with Gasteiger partial charge < -0.3 is 10.1 Å². The number of hydrogen-bond acceptors (Lipinski definition) is 6. The molecule has 1 saturated heterocycles. The zero-order valence-corrected chi connectivity index (χ0v) is 13.0. The van der Waals surface area contributed by atoms with E-state index in [-0.39, 0.29) is 18.0 Å². The number of ether oxygens (including phenoxy) is 1. The first-order valence-corrected chi connectivity index (χ1v) is 7.74. The van der Waals surface area contributed by atoms with Gasteiger partial charge in [0.2, 0.25) is 5.91 Å². The second kappa shape index (κ2) is 7.23. The molecule has 1 aliphatic heterocycles. The van der Waals surface area contributed by atoms with Gasteiger partial charge in [0.25, 0.3) is 5.88 Å². The number of carbonyl (C=O) groups excluding carboxylic acids is 1. The summed E-state index contributed by atoms with van der Waals surface area (Å²) in [5.74, 6) is 0.365. The quantitative estimate of drug-likeness (QED) is 0.782. The Morgan fingerprint density at radius 2 is 2.17 bits per heavy atom. The van der Waals surface area contributed by atoms with Crippen LogP contribution in [0.1, 0.15) is 30.1 Å². The third-order valence-corrected chi connectivity index (χ3v) is 3.92. The van der Waals surface area contributed by atoms with Crippen LogP contribution in [-0.2, 0) is 4.79 Å². The standard InChI is InChI=1S/C16H20N4O3/c1-11-16(20-23-19-11)22-10-9-17-15(21)14-8-7-13(18-14)12-5-3-2-4-6-12/h2-6,13-14,18H,7-10H2,1H3,(H,17,21)/t13-,14-/m1/s1. The monoisotopic (exact) mass is 316 g/mol. The van der Waals surface area contributed by atoms with Crippen molar-refractivity contribution in [2.45, 2.75) is 31.8 Å². The number of rotatable bonds is 6. The third-order valence-electron chi connectivity index (χ3n) is 3.92. The Balaban J connectivity index is 1.40. The van der Waals surface area contributed by atoms with Gasteiger partial charge in [-0.3, -0.25) is 10.1 Å². The molecule has 3 rings (SSSR count). The van der Waals surface area contributed by atoms with Crippen molar-refractivity contribution in [3.05, 3.63) is 41.6 Å². The lowest BCUT2D eigenvalue weighted by atomic mass is 10.1. The van der Waals surface area contributed by atoms with Gasteiger partial charge in [-0.15, -0.1) is 0 Å². The van der Waals surface area contributed by atoms with Crippen molar-refractivity contribution < 1.29 is 14.2 Å². The highest BCUT2D eigenvalue weighted by molar-refractivity contribution is 5.82. The van der Waals surface area contributed by atoms with Gasteiger partial charge in [0.05, 0.1) is 12.6 Å². The maximum absolute atomic E-state index is 12.2. The van der Waals surface area contributed by atoms with Gasteiger partial charge in [-0.25, -0.2) is 4.63 Å². The Hall–Kier alpha value is -2.41. The first kappa shape index (κ1) is 15.5. The summed E-state index contributed by atoms with van der Waals surface area (Å²) in [6.45, 7) is 2.49. The van der Waals surface area contributed by atoms with Gasteiger partial charge in [-0.05, 0) is 30.5 Å². The average Bonchev–Trinajstić information content (AvgIpc) is 3.22. The van der Waals surface area contributed by atoms with Crippen molar-refractivity contribution in [2.24, 2.45) is 0 Å². The number of carbonyl (C=O) groups is 1. The van der Waals surface area contributed by atoms with Crippen LogP contribution in [-0.4, -0.2) is 35.4 Å². The number of amides is 1. The van der Waals surface area contributed by atoms with Crippen molar-refractivity contribution in [1.82, 2.24) is 20.9 Å². The highest BCUT2D eigenvalue weighted by Crippen LogP contribution is 2.26. The van der Waals surface area contributed by atoms with E-state index < -0.39 is 0 Å². The molecule has 1 fully saturated rings. The lowest BCUT2D eigenvalue weighted by Gasteiger charge is -2.14. The Bertz CT molecular complexity index is 644. The Kier molecular flexibility index (Phi) is 4.87. The fourth-order valence-electron chi connectivity index (χ4n) is 2.70. The second-order valence-electron chi connectivity index (χ2n) is 5.55.